The van der Waals surface area contributed by atoms with Crippen LogP contribution in [0, 0.1) is 23.4 Å². The van der Waals surface area contributed by atoms with Crippen LogP contribution in [0.25, 0.3) is 0 Å². The zero-order valence-corrected chi connectivity index (χ0v) is 20.9. The number of amides is 2. The first-order valence-electron chi connectivity index (χ1n) is 11.5. The quantitative estimate of drug-likeness (QED) is 0.347. The van der Waals surface area contributed by atoms with Crippen LogP contribution in [0.4, 0.5) is 13.2 Å². The third kappa shape index (κ3) is 9.08. The molecule has 0 bridgehead atoms. The summed E-state index contributed by atoms with van der Waals surface area (Å²) in [5.41, 5.74) is -0.448. The summed E-state index contributed by atoms with van der Waals surface area (Å²) in [4.78, 5) is 38.5. The van der Waals surface area contributed by atoms with E-state index in [1.54, 1.807) is 12.3 Å². The Morgan fingerprint density at radius 3 is 2.31 bits per heavy atom. The molecule has 35 heavy (non-hydrogen) atoms. The van der Waals surface area contributed by atoms with Crippen molar-refractivity contribution in [3.05, 3.63) is 59.3 Å². The molecular weight excluding hydrogens is 481 g/mol. The molecule has 0 radical (unpaired) electrons. The highest BCUT2D eigenvalue weighted by Gasteiger charge is 2.28. The highest BCUT2D eigenvalue weighted by atomic mass is 32.2. The van der Waals surface area contributed by atoms with Crippen molar-refractivity contribution < 1.29 is 32.0 Å². The highest BCUT2D eigenvalue weighted by Crippen LogP contribution is 2.16. The SMILES string of the molecule is CCCC[C@H](NC(=O)[C@H](CC(C)C)NC(=O)c1cc(F)c(F)c(F)c1)C(=O)CSCc1ccco1. The molecule has 0 aliphatic carbocycles. The first kappa shape index (κ1) is 28.5. The van der Waals surface area contributed by atoms with Gasteiger partial charge in [0, 0.05) is 5.56 Å². The topological polar surface area (TPSA) is 88.4 Å². The molecule has 192 valence electrons. The molecule has 2 atom stereocenters. The maximum absolute atomic E-state index is 13.6. The number of hydrogen-bond acceptors (Lipinski definition) is 5. The van der Waals surface area contributed by atoms with Gasteiger partial charge < -0.3 is 15.1 Å². The summed E-state index contributed by atoms with van der Waals surface area (Å²) < 4.78 is 45.6. The van der Waals surface area contributed by atoms with Crippen molar-refractivity contribution in [1.82, 2.24) is 10.6 Å². The summed E-state index contributed by atoms with van der Waals surface area (Å²) >= 11 is 1.37. The Morgan fingerprint density at radius 1 is 1.06 bits per heavy atom. The Morgan fingerprint density at radius 2 is 1.74 bits per heavy atom. The number of Topliss-reactive ketones (excluding diaryl/α,β-unsaturated/α-hetero) is 1. The Balaban J connectivity index is 2.08. The van der Waals surface area contributed by atoms with Crippen molar-refractivity contribution in [3.63, 3.8) is 0 Å². The van der Waals surface area contributed by atoms with Crippen LogP contribution >= 0.6 is 11.8 Å². The fourth-order valence-corrected chi connectivity index (χ4v) is 4.24. The molecule has 0 saturated heterocycles. The molecule has 2 aromatic rings. The zero-order valence-electron chi connectivity index (χ0n) is 20.0. The number of hydrogen-bond donors (Lipinski definition) is 2. The third-order valence-electron chi connectivity index (χ3n) is 5.20. The second-order valence-corrected chi connectivity index (χ2v) is 9.64. The number of thioether (sulfide) groups is 1. The average molecular weight is 513 g/mol. The predicted octanol–water partition coefficient (Wildman–Crippen LogP) is 5.02. The first-order valence-corrected chi connectivity index (χ1v) is 12.7. The minimum Gasteiger partial charge on any atom is -0.468 e. The standard InChI is InChI=1S/C25H31F3N2O4S/c1-4-5-8-20(22(31)14-35-13-17-7-6-9-34-17)29-25(33)21(10-15(2)3)30-24(32)16-11-18(26)23(28)19(27)12-16/h6-7,9,11-12,15,20-21H,4-5,8,10,13-14H2,1-3H3,(H,29,33)(H,30,32)/t20-,21-/m0/s1. The number of furan rings is 1. The second-order valence-electron chi connectivity index (χ2n) is 8.65. The number of carbonyl (C=O) groups is 3. The molecule has 1 aromatic carbocycles. The monoisotopic (exact) mass is 512 g/mol. The minimum absolute atomic E-state index is 0.0126. The van der Waals surface area contributed by atoms with Crippen LogP contribution in [0.1, 0.15) is 62.6 Å². The molecular formula is C25H31F3N2O4S. The van der Waals surface area contributed by atoms with Gasteiger partial charge in [-0.25, -0.2) is 13.2 Å². The van der Waals surface area contributed by atoms with Gasteiger partial charge in [0.15, 0.2) is 23.2 Å². The number of unbranched alkanes of at least 4 members (excludes halogenated alkanes) is 1. The molecule has 0 aliphatic heterocycles. The first-order chi connectivity index (χ1) is 16.6. The lowest BCUT2D eigenvalue weighted by Crippen LogP contribution is -2.52. The number of benzene rings is 1. The lowest BCUT2D eigenvalue weighted by molar-refractivity contribution is -0.128. The maximum atomic E-state index is 13.6. The normalized spacial score (nSPS) is 12.9. The van der Waals surface area contributed by atoms with Crippen LogP contribution in [0.15, 0.2) is 34.9 Å². The highest BCUT2D eigenvalue weighted by molar-refractivity contribution is 7.99. The van der Waals surface area contributed by atoms with E-state index in [9.17, 15) is 27.6 Å². The summed E-state index contributed by atoms with van der Waals surface area (Å²) in [7, 11) is 0. The Labute approximate surface area is 207 Å². The van der Waals surface area contributed by atoms with Crippen molar-refractivity contribution in [2.75, 3.05) is 5.75 Å². The van der Waals surface area contributed by atoms with Gasteiger partial charge in [-0.1, -0.05) is 33.6 Å². The Kier molecular flexibility index (Phi) is 11.4. The smallest absolute Gasteiger partial charge is 0.252 e. The largest absolute Gasteiger partial charge is 0.468 e. The van der Waals surface area contributed by atoms with Crippen LogP contribution < -0.4 is 10.6 Å². The van der Waals surface area contributed by atoms with E-state index in [-0.39, 0.29) is 23.9 Å². The van der Waals surface area contributed by atoms with Crippen LogP contribution in [0.2, 0.25) is 0 Å². The fraction of sp³-hybridized carbons (Fsp3) is 0.480. The summed E-state index contributed by atoms with van der Waals surface area (Å²) in [6, 6.07) is 2.93. The Bertz CT molecular complexity index is 976. The number of ketones is 1. The number of carbonyl (C=O) groups excluding carboxylic acids is 3. The van der Waals surface area contributed by atoms with Gasteiger partial charge in [-0.2, -0.15) is 0 Å². The molecule has 0 aliphatic rings. The fourth-order valence-electron chi connectivity index (χ4n) is 3.37. The molecule has 1 aromatic heterocycles. The van der Waals surface area contributed by atoms with Gasteiger partial charge in [0.1, 0.15) is 11.8 Å². The van der Waals surface area contributed by atoms with Crippen molar-refractivity contribution in [1.29, 1.82) is 0 Å². The van der Waals surface area contributed by atoms with Gasteiger partial charge >= 0.3 is 0 Å². The van der Waals surface area contributed by atoms with Gasteiger partial charge in [0.2, 0.25) is 5.91 Å². The number of halogens is 3. The third-order valence-corrected chi connectivity index (χ3v) is 6.17. The molecule has 10 heteroatoms. The lowest BCUT2D eigenvalue weighted by Gasteiger charge is -2.24. The van der Waals surface area contributed by atoms with Crippen LogP contribution in [-0.2, 0) is 15.3 Å². The second kappa shape index (κ2) is 14.0. The van der Waals surface area contributed by atoms with Crippen LogP contribution in [0.3, 0.4) is 0 Å². The van der Waals surface area contributed by atoms with Crippen LogP contribution in [-0.4, -0.2) is 35.4 Å². The molecule has 1 heterocycles. The lowest BCUT2D eigenvalue weighted by atomic mass is 10.0. The number of rotatable bonds is 14. The molecule has 0 fully saturated rings. The van der Waals surface area contributed by atoms with Gasteiger partial charge in [-0.3, -0.25) is 14.4 Å². The predicted molar refractivity (Wildman–Crippen MR) is 128 cm³/mol. The maximum Gasteiger partial charge on any atom is 0.252 e. The van der Waals surface area contributed by atoms with Gasteiger partial charge in [0.05, 0.1) is 23.8 Å². The Hall–Kier alpha value is -2.75. The number of nitrogens with one attached hydrogen (secondary N) is 2. The summed E-state index contributed by atoms with van der Waals surface area (Å²) in [5, 5.41) is 5.21. The van der Waals surface area contributed by atoms with E-state index in [1.807, 2.05) is 26.8 Å². The molecule has 0 unspecified atom stereocenters. The van der Waals surface area contributed by atoms with E-state index in [0.29, 0.717) is 24.3 Å². The summed E-state index contributed by atoms with van der Waals surface area (Å²) in [6.45, 7) is 5.65. The molecule has 2 rings (SSSR count). The van der Waals surface area contributed by atoms with E-state index in [0.717, 1.165) is 18.6 Å². The van der Waals surface area contributed by atoms with Gasteiger partial charge in [0.25, 0.3) is 5.91 Å². The zero-order chi connectivity index (χ0) is 26.0. The van der Waals surface area contributed by atoms with E-state index >= 15 is 0 Å². The van der Waals surface area contributed by atoms with Crippen molar-refractivity contribution >= 4 is 29.4 Å². The average Bonchev–Trinajstić information content (AvgIpc) is 3.32. The van der Waals surface area contributed by atoms with Gasteiger partial charge in [-0.15, -0.1) is 11.8 Å². The van der Waals surface area contributed by atoms with Crippen molar-refractivity contribution in [2.45, 2.75) is 64.3 Å². The van der Waals surface area contributed by atoms with Crippen LogP contribution in [0.5, 0.6) is 0 Å². The summed E-state index contributed by atoms with van der Waals surface area (Å²) in [5.74, 6) is -4.91. The summed E-state index contributed by atoms with van der Waals surface area (Å²) in [6.07, 6.45) is 3.77. The molecule has 2 amide bonds. The van der Waals surface area contributed by atoms with Crippen molar-refractivity contribution in [3.8, 4) is 0 Å². The molecule has 2 N–H and O–H groups in total. The van der Waals surface area contributed by atoms with E-state index in [2.05, 4.69) is 10.6 Å². The van der Waals surface area contributed by atoms with Crippen molar-refractivity contribution in [2.24, 2.45) is 5.92 Å². The van der Waals surface area contributed by atoms with E-state index in [1.165, 1.54) is 11.8 Å². The minimum atomic E-state index is -1.68. The van der Waals surface area contributed by atoms with Gasteiger partial charge in [-0.05, 0) is 43.0 Å². The molecule has 0 spiro atoms. The molecule has 6 nitrogen and oxygen atoms in total. The van der Waals surface area contributed by atoms with E-state index < -0.39 is 46.9 Å². The van der Waals surface area contributed by atoms with E-state index in [4.69, 9.17) is 4.42 Å². The molecule has 0 saturated carbocycles.